The van der Waals surface area contributed by atoms with Crippen LogP contribution in [0.4, 0.5) is 10.6 Å². The molecule has 7 heteroatoms. The van der Waals surface area contributed by atoms with Gasteiger partial charge in [-0.25, -0.2) is 4.79 Å². The van der Waals surface area contributed by atoms with Crippen LogP contribution < -0.4 is 5.32 Å². The van der Waals surface area contributed by atoms with Crippen molar-refractivity contribution in [1.29, 1.82) is 0 Å². The highest BCUT2D eigenvalue weighted by molar-refractivity contribution is 5.88. The Bertz CT molecular complexity index is 442. The molecule has 1 heterocycles. The topological polar surface area (TPSA) is 87.5 Å². The first-order valence-electron chi connectivity index (χ1n) is 6.27. The number of hydrogen-bond donors (Lipinski definition) is 2. The van der Waals surface area contributed by atoms with Gasteiger partial charge in [0.25, 0.3) is 0 Å². The van der Waals surface area contributed by atoms with E-state index in [9.17, 15) is 9.59 Å². The number of aromatic nitrogens is 2. The molecule has 19 heavy (non-hydrogen) atoms. The number of aliphatic carboxylic acids is 1. The Morgan fingerprint density at radius 2 is 2.21 bits per heavy atom. The number of carboxylic acids is 1. The smallest absolute Gasteiger partial charge is 0.323 e. The Morgan fingerprint density at radius 1 is 1.53 bits per heavy atom. The van der Waals surface area contributed by atoms with Crippen LogP contribution in [0.3, 0.4) is 0 Å². The largest absolute Gasteiger partial charge is 0.481 e. The highest BCUT2D eigenvalue weighted by Crippen LogP contribution is 2.07. The van der Waals surface area contributed by atoms with Crippen LogP contribution in [0.15, 0.2) is 12.3 Å². The van der Waals surface area contributed by atoms with Crippen LogP contribution in [0.5, 0.6) is 0 Å². The lowest BCUT2D eigenvalue weighted by Crippen LogP contribution is -2.41. The van der Waals surface area contributed by atoms with Crippen LogP contribution >= 0.6 is 0 Å². The number of nitrogens with zero attached hydrogens (tertiary/aromatic N) is 3. The van der Waals surface area contributed by atoms with E-state index in [1.807, 2.05) is 20.8 Å². The third kappa shape index (κ3) is 4.61. The number of carbonyl (C=O) groups excluding carboxylic acids is 1. The van der Waals surface area contributed by atoms with Crippen molar-refractivity contribution in [2.24, 2.45) is 0 Å². The molecule has 1 rings (SSSR count). The predicted molar refractivity (Wildman–Crippen MR) is 71.0 cm³/mol. The Morgan fingerprint density at radius 3 is 2.68 bits per heavy atom. The second kappa shape index (κ2) is 6.77. The molecule has 0 radical (unpaired) electrons. The summed E-state index contributed by atoms with van der Waals surface area (Å²) in [4.78, 5) is 24.1. The zero-order valence-corrected chi connectivity index (χ0v) is 11.5. The predicted octanol–water partition coefficient (Wildman–Crippen LogP) is 1.62. The number of rotatable bonds is 6. The van der Waals surface area contributed by atoms with Gasteiger partial charge in [-0.3, -0.25) is 14.8 Å². The third-order valence-electron chi connectivity index (χ3n) is 2.65. The molecule has 0 saturated carbocycles. The molecule has 1 aromatic heterocycles. The van der Waals surface area contributed by atoms with Gasteiger partial charge >= 0.3 is 12.0 Å². The van der Waals surface area contributed by atoms with Crippen LogP contribution in [0, 0.1) is 0 Å². The van der Waals surface area contributed by atoms with E-state index in [2.05, 4.69) is 10.4 Å². The minimum atomic E-state index is -0.922. The fraction of sp³-hybridized carbons (Fsp3) is 0.583. The number of amides is 2. The molecule has 7 nitrogen and oxygen atoms in total. The van der Waals surface area contributed by atoms with E-state index in [4.69, 9.17) is 5.11 Å². The molecule has 0 aromatic carbocycles. The molecule has 0 bridgehead atoms. The summed E-state index contributed by atoms with van der Waals surface area (Å²) in [6, 6.07) is 1.29. The summed E-state index contributed by atoms with van der Waals surface area (Å²) in [5, 5.41) is 15.5. The number of aryl methyl sites for hydroxylation is 1. The summed E-state index contributed by atoms with van der Waals surface area (Å²) in [6.07, 6.45) is 1.70. The van der Waals surface area contributed by atoms with Crippen molar-refractivity contribution >= 4 is 17.8 Å². The molecule has 0 atom stereocenters. The molecule has 2 amide bonds. The van der Waals surface area contributed by atoms with Crippen molar-refractivity contribution in [2.45, 2.75) is 39.8 Å². The van der Waals surface area contributed by atoms with Crippen LogP contribution in [0.2, 0.25) is 0 Å². The number of carboxylic acid groups (broad SMARTS) is 1. The Labute approximate surface area is 112 Å². The summed E-state index contributed by atoms with van der Waals surface area (Å²) in [7, 11) is 0. The van der Waals surface area contributed by atoms with Gasteiger partial charge in [-0.15, -0.1) is 0 Å². The van der Waals surface area contributed by atoms with Gasteiger partial charge in [0.2, 0.25) is 0 Å². The lowest BCUT2D eigenvalue weighted by atomic mass is 10.3. The summed E-state index contributed by atoms with van der Waals surface area (Å²) in [6.45, 7) is 6.53. The molecule has 0 saturated heterocycles. The van der Waals surface area contributed by atoms with E-state index < -0.39 is 5.97 Å². The Hall–Kier alpha value is -2.05. The monoisotopic (exact) mass is 268 g/mol. The van der Waals surface area contributed by atoms with Crippen LogP contribution in [0.25, 0.3) is 0 Å². The minimum Gasteiger partial charge on any atom is -0.481 e. The average Bonchev–Trinajstić information content (AvgIpc) is 2.76. The zero-order valence-electron chi connectivity index (χ0n) is 11.5. The van der Waals surface area contributed by atoms with E-state index in [-0.39, 0.29) is 25.0 Å². The third-order valence-corrected chi connectivity index (χ3v) is 2.65. The van der Waals surface area contributed by atoms with E-state index in [0.717, 1.165) is 6.54 Å². The van der Waals surface area contributed by atoms with E-state index in [1.54, 1.807) is 16.9 Å². The lowest BCUT2D eigenvalue weighted by molar-refractivity contribution is -0.137. The fourth-order valence-corrected chi connectivity index (χ4v) is 1.60. The molecular weight excluding hydrogens is 248 g/mol. The van der Waals surface area contributed by atoms with Crippen molar-refractivity contribution in [3.8, 4) is 0 Å². The molecule has 106 valence electrons. The number of urea groups is 1. The molecule has 0 unspecified atom stereocenters. The fourth-order valence-electron chi connectivity index (χ4n) is 1.60. The maximum atomic E-state index is 12.0. The highest BCUT2D eigenvalue weighted by atomic mass is 16.4. The van der Waals surface area contributed by atoms with Crippen LogP contribution in [0.1, 0.15) is 27.2 Å². The first-order chi connectivity index (χ1) is 8.93. The molecule has 0 aliphatic carbocycles. The second-order valence-corrected chi connectivity index (χ2v) is 4.42. The van der Waals surface area contributed by atoms with Crippen LogP contribution in [-0.2, 0) is 11.3 Å². The Balaban J connectivity index is 2.63. The van der Waals surface area contributed by atoms with E-state index in [1.165, 1.54) is 4.90 Å². The quantitative estimate of drug-likeness (QED) is 0.820. The molecule has 1 aromatic rings. The van der Waals surface area contributed by atoms with Gasteiger partial charge in [0.15, 0.2) is 5.82 Å². The minimum absolute atomic E-state index is 0.0744. The number of nitrogens with one attached hydrogen (secondary N) is 1. The Kier molecular flexibility index (Phi) is 5.35. The van der Waals surface area contributed by atoms with Gasteiger partial charge < -0.3 is 10.0 Å². The molecule has 0 aliphatic heterocycles. The maximum absolute atomic E-state index is 12.0. The summed E-state index contributed by atoms with van der Waals surface area (Å²) >= 11 is 0. The van der Waals surface area contributed by atoms with Crippen molar-refractivity contribution in [3.63, 3.8) is 0 Å². The van der Waals surface area contributed by atoms with Crippen molar-refractivity contribution in [2.75, 3.05) is 11.9 Å². The van der Waals surface area contributed by atoms with Gasteiger partial charge in [-0.1, -0.05) is 0 Å². The van der Waals surface area contributed by atoms with E-state index >= 15 is 0 Å². The average molecular weight is 268 g/mol. The molecule has 0 spiro atoms. The first kappa shape index (κ1) is 15.0. The summed E-state index contributed by atoms with van der Waals surface area (Å²) in [5.41, 5.74) is 0. The van der Waals surface area contributed by atoms with Crippen molar-refractivity contribution in [1.82, 2.24) is 14.7 Å². The van der Waals surface area contributed by atoms with Gasteiger partial charge in [0.05, 0.1) is 6.42 Å². The molecular formula is C12H20N4O3. The summed E-state index contributed by atoms with van der Waals surface area (Å²) in [5.74, 6) is -0.457. The summed E-state index contributed by atoms with van der Waals surface area (Å²) < 4.78 is 1.70. The maximum Gasteiger partial charge on any atom is 0.323 e. The molecule has 2 N–H and O–H groups in total. The number of anilines is 1. The normalized spacial score (nSPS) is 10.5. The molecule has 0 aliphatic rings. The SMILES string of the molecule is CCn1ccc(NC(=O)N(CCC(=O)O)C(C)C)n1. The van der Waals surface area contributed by atoms with E-state index in [0.29, 0.717) is 5.82 Å². The standard InChI is InChI=1S/C12H20N4O3/c1-4-15-7-5-10(14-15)13-12(19)16(9(2)3)8-6-11(17)18/h5,7,9H,4,6,8H2,1-3H3,(H,17,18)(H,13,14,19). The van der Waals surface area contributed by atoms with Crippen molar-refractivity contribution < 1.29 is 14.7 Å². The number of hydrogen-bond acceptors (Lipinski definition) is 3. The van der Waals surface area contributed by atoms with Crippen molar-refractivity contribution in [3.05, 3.63) is 12.3 Å². The zero-order chi connectivity index (χ0) is 14.4. The number of carbonyl (C=O) groups is 2. The van der Waals surface area contributed by atoms with Gasteiger partial charge in [-0.2, -0.15) is 5.10 Å². The van der Waals surface area contributed by atoms with Gasteiger partial charge in [-0.05, 0) is 20.8 Å². The lowest BCUT2D eigenvalue weighted by Gasteiger charge is -2.25. The second-order valence-electron chi connectivity index (χ2n) is 4.42. The highest BCUT2D eigenvalue weighted by Gasteiger charge is 2.18. The van der Waals surface area contributed by atoms with Gasteiger partial charge in [0, 0.05) is 31.4 Å². The van der Waals surface area contributed by atoms with Gasteiger partial charge in [0.1, 0.15) is 0 Å². The van der Waals surface area contributed by atoms with Crippen LogP contribution in [-0.4, -0.2) is 44.4 Å². The first-order valence-corrected chi connectivity index (χ1v) is 6.27. The molecule has 0 fully saturated rings.